The predicted octanol–water partition coefficient (Wildman–Crippen LogP) is 0.566. The van der Waals surface area contributed by atoms with Gasteiger partial charge in [-0.25, -0.2) is 0 Å². The van der Waals surface area contributed by atoms with E-state index in [1.54, 1.807) is 6.92 Å². The molecule has 0 aromatic carbocycles. The van der Waals surface area contributed by atoms with Gasteiger partial charge < -0.3 is 9.63 Å². The van der Waals surface area contributed by atoms with E-state index in [4.69, 9.17) is 9.63 Å². The maximum atomic E-state index is 10.5. The molecule has 64 valence electrons. The van der Waals surface area contributed by atoms with E-state index in [-0.39, 0.29) is 11.8 Å². The van der Waals surface area contributed by atoms with Crippen LogP contribution in [0.25, 0.3) is 0 Å². The molecular formula is C7H8N2O3. The largest absolute Gasteiger partial charge is 0.481 e. The zero-order chi connectivity index (χ0) is 8.72. The molecule has 5 nitrogen and oxygen atoms in total. The molecule has 1 aromatic rings. The number of rotatable bonds is 2. The smallest absolute Gasteiger partial charge is 0.307 e. The maximum absolute atomic E-state index is 10.5. The maximum Gasteiger partial charge on any atom is 0.307 e. The molecule has 5 heteroatoms. The van der Waals surface area contributed by atoms with Gasteiger partial charge in [-0.1, -0.05) is 5.16 Å². The molecule has 0 radical (unpaired) electrons. The predicted molar refractivity (Wildman–Crippen MR) is 37.5 cm³/mol. The van der Waals surface area contributed by atoms with Crippen LogP contribution in [-0.4, -0.2) is 21.2 Å². The summed E-state index contributed by atoms with van der Waals surface area (Å²) >= 11 is 0. The Labute approximate surface area is 68.4 Å². The van der Waals surface area contributed by atoms with Gasteiger partial charge in [-0.2, -0.15) is 4.98 Å². The Morgan fingerprint density at radius 3 is 2.92 bits per heavy atom. The standard InChI is InChI=1S/C7H8N2O3/c1-3-8-6(12-9-3)4-2-5(4)7(10)11/h4-5H,2H2,1H3,(H,10,11). The van der Waals surface area contributed by atoms with E-state index in [1.165, 1.54) is 0 Å². The summed E-state index contributed by atoms with van der Waals surface area (Å²) in [6.07, 6.45) is 0.622. The molecule has 1 N–H and O–H groups in total. The van der Waals surface area contributed by atoms with Gasteiger partial charge in [0.25, 0.3) is 0 Å². The molecule has 1 aromatic heterocycles. The van der Waals surface area contributed by atoms with Crippen molar-refractivity contribution in [3.8, 4) is 0 Å². The fourth-order valence-corrected chi connectivity index (χ4v) is 1.20. The second-order valence-electron chi connectivity index (χ2n) is 2.97. The number of hydrogen-bond donors (Lipinski definition) is 1. The van der Waals surface area contributed by atoms with Crippen LogP contribution in [-0.2, 0) is 4.79 Å². The number of aryl methyl sites for hydroxylation is 1. The zero-order valence-corrected chi connectivity index (χ0v) is 6.52. The summed E-state index contributed by atoms with van der Waals surface area (Å²) < 4.78 is 4.84. The van der Waals surface area contributed by atoms with Crippen LogP contribution in [0.1, 0.15) is 24.1 Å². The first-order chi connectivity index (χ1) is 5.68. The average Bonchev–Trinajstić information content (AvgIpc) is 2.70. The second-order valence-corrected chi connectivity index (χ2v) is 2.97. The van der Waals surface area contributed by atoms with Gasteiger partial charge in [-0.3, -0.25) is 4.79 Å². The van der Waals surface area contributed by atoms with Crippen LogP contribution >= 0.6 is 0 Å². The fraction of sp³-hybridized carbons (Fsp3) is 0.571. The molecule has 1 fully saturated rings. The number of hydrogen-bond acceptors (Lipinski definition) is 4. The van der Waals surface area contributed by atoms with Gasteiger partial charge in [-0.05, 0) is 13.3 Å². The molecule has 0 saturated heterocycles. The monoisotopic (exact) mass is 168 g/mol. The number of nitrogens with zero attached hydrogens (tertiary/aromatic N) is 2. The number of carboxylic acids is 1. The van der Waals surface area contributed by atoms with Crippen LogP contribution in [0.5, 0.6) is 0 Å². The van der Waals surface area contributed by atoms with E-state index in [1.807, 2.05) is 0 Å². The molecule has 1 saturated carbocycles. The molecule has 1 heterocycles. The molecule has 0 amide bonds. The number of carboxylic acid groups (broad SMARTS) is 1. The molecule has 12 heavy (non-hydrogen) atoms. The lowest BCUT2D eigenvalue weighted by Crippen LogP contribution is -1.98. The molecule has 2 rings (SSSR count). The number of carbonyl (C=O) groups is 1. The Morgan fingerprint density at radius 1 is 1.75 bits per heavy atom. The lowest BCUT2D eigenvalue weighted by molar-refractivity contribution is -0.138. The summed E-state index contributed by atoms with van der Waals surface area (Å²) in [5.74, 6) is -0.134. The molecule has 0 spiro atoms. The first-order valence-electron chi connectivity index (χ1n) is 3.71. The minimum absolute atomic E-state index is 0.0521. The van der Waals surface area contributed by atoms with E-state index in [0.29, 0.717) is 18.1 Å². The Balaban J connectivity index is 2.10. The molecule has 1 aliphatic carbocycles. The minimum Gasteiger partial charge on any atom is -0.481 e. The molecule has 1 aliphatic rings. The van der Waals surface area contributed by atoms with Gasteiger partial charge in [0, 0.05) is 0 Å². The normalized spacial score (nSPS) is 27.1. The van der Waals surface area contributed by atoms with Gasteiger partial charge in [0.1, 0.15) is 0 Å². The summed E-state index contributed by atoms with van der Waals surface area (Å²) in [5.41, 5.74) is 0. The first kappa shape index (κ1) is 7.27. The first-order valence-corrected chi connectivity index (χ1v) is 3.71. The lowest BCUT2D eigenvalue weighted by atomic mass is 10.3. The Bertz CT molecular complexity index is 320. The Morgan fingerprint density at radius 2 is 2.50 bits per heavy atom. The lowest BCUT2D eigenvalue weighted by Gasteiger charge is -1.85. The van der Waals surface area contributed by atoms with E-state index >= 15 is 0 Å². The van der Waals surface area contributed by atoms with Crippen molar-refractivity contribution in [3.05, 3.63) is 11.7 Å². The highest BCUT2D eigenvalue weighted by atomic mass is 16.5. The molecule has 0 aliphatic heterocycles. The van der Waals surface area contributed by atoms with Crippen molar-refractivity contribution < 1.29 is 14.4 Å². The van der Waals surface area contributed by atoms with Crippen LogP contribution < -0.4 is 0 Å². The molecule has 0 bridgehead atoms. The minimum atomic E-state index is -0.782. The zero-order valence-electron chi connectivity index (χ0n) is 6.52. The molecular weight excluding hydrogens is 160 g/mol. The van der Waals surface area contributed by atoms with Crippen molar-refractivity contribution in [2.75, 3.05) is 0 Å². The van der Waals surface area contributed by atoms with Crippen molar-refractivity contribution in [1.29, 1.82) is 0 Å². The van der Waals surface area contributed by atoms with Crippen molar-refractivity contribution in [1.82, 2.24) is 10.1 Å². The Hall–Kier alpha value is -1.39. The van der Waals surface area contributed by atoms with Crippen LogP contribution in [0, 0.1) is 12.8 Å². The highest BCUT2D eigenvalue weighted by Gasteiger charge is 2.47. The van der Waals surface area contributed by atoms with Gasteiger partial charge >= 0.3 is 5.97 Å². The Kier molecular flexibility index (Phi) is 1.39. The second kappa shape index (κ2) is 2.30. The van der Waals surface area contributed by atoms with E-state index in [9.17, 15) is 4.79 Å². The highest BCUT2D eigenvalue weighted by molar-refractivity contribution is 5.74. The van der Waals surface area contributed by atoms with Crippen molar-refractivity contribution >= 4 is 5.97 Å². The highest BCUT2D eigenvalue weighted by Crippen LogP contribution is 2.46. The fourth-order valence-electron chi connectivity index (χ4n) is 1.20. The van der Waals surface area contributed by atoms with Crippen LogP contribution in [0.15, 0.2) is 4.52 Å². The van der Waals surface area contributed by atoms with E-state index in [0.717, 1.165) is 0 Å². The van der Waals surface area contributed by atoms with Crippen LogP contribution in [0.3, 0.4) is 0 Å². The van der Waals surface area contributed by atoms with Crippen LogP contribution in [0.4, 0.5) is 0 Å². The quantitative estimate of drug-likeness (QED) is 0.698. The number of aliphatic carboxylic acids is 1. The summed E-state index contributed by atoms with van der Waals surface area (Å²) in [6, 6.07) is 0. The summed E-state index contributed by atoms with van der Waals surface area (Å²) in [6.45, 7) is 1.71. The van der Waals surface area contributed by atoms with Gasteiger partial charge in [0.2, 0.25) is 5.89 Å². The van der Waals surface area contributed by atoms with Gasteiger partial charge in [0.05, 0.1) is 11.8 Å². The SMILES string of the molecule is Cc1noc(C2CC2C(=O)O)n1. The third-order valence-electron chi connectivity index (χ3n) is 1.97. The third-order valence-corrected chi connectivity index (χ3v) is 1.97. The molecule has 2 unspecified atom stereocenters. The molecule has 2 atom stereocenters. The van der Waals surface area contributed by atoms with Gasteiger partial charge in [0.15, 0.2) is 5.82 Å². The topological polar surface area (TPSA) is 76.2 Å². The summed E-state index contributed by atoms with van der Waals surface area (Å²) in [5, 5.41) is 12.2. The van der Waals surface area contributed by atoms with Crippen LogP contribution in [0.2, 0.25) is 0 Å². The average molecular weight is 168 g/mol. The summed E-state index contributed by atoms with van der Waals surface area (Å²) in [7, 11) is 0. The summed E-state index contributed by atoms with van der Waals surface area (Å²) in [4.78, 5) is 14.4. The number of aromatic nitrogens is 2. The third kappa shape index (κ3) is 1.07. The van der Waals surface area contributed by atoms with Crippen molar-refractivity contribution in [3.63, 3.8) is 0 Å². The van der Waals surface area contributed by atoms with Crippen molar-refractivity contribution in [2.24, 2.45) is 5.92 Å². The van der Waals surface area contributed by atoms with Crippen molar-refractivity contribution in [2.45, 2.75) is 19.3 Å². The van der Waals surface area contributed by atoms with Gasteiger partial charge in [-0.15, -0.1) is 0 Å². The van der Waals surface area contributed by atoms with E-state index < -0.39 is 5.97 Å². The van der Waals surface area contributed by atoms with E-state index in [2.05, 4.69) is 10.1 Å².